The molecule has 3 aromatic rings. The average molecular weight is 339 g/mol. The molecule has 25 heavy (non-hydrogen) atoms. The number of nitrogens with one attached hydrogen (secondary N) is 1. The van der Waals surface area contributed by atoms with E-state index in [1.807, 2.05) is 38.5 Å². The summed E-state index contributed by atoms with van der Waals surface area (Å²) < 4.78 is 6.97. The van der Waals surface area contributed by atoms with Crippen molar-refractivity contribution in [2.24, 2.45) is 7.05 Å². The molecular formula is C18H21N5O2. The Morgan fingerprint density at radius 3 is 2.76 bits per heavy atom. The SMILES string of the molecule is CN(Cc1ccccc1)Cc1cc(C(=O)NCc2cnn(C)c2)no1. The summed E-state index contributed by atoms with van der Waals surface area (Å²) in [6.45, 7) is 1.78. The number of carbonyl (C=O) groups excluding carboxylic acids is 1. The van der Waals surface area contributed by atoms with Crippen LogP contribution in [-0.4, -0.2) is 32.8 Å². The Morgan fingerprint density at radius 1 is 1.24 bits per heavy atom. The van der Waals surface area contributed by atoms with Gasteiger partial charge in [0.25, 0.3) is 5.91 Å². The van der Waals surface area contributed by atoms with Crippen molar-refractivity contribution in [3.8, 4) is 0 Å². The molecule has 0 spiro atoms. The number of carbonyl (C=O) groups is 1. The van der Waals surface area contributed by atoms with Gasteiger partial charge < -0.3 is 9.84 Å². The second kappa shape index (κ2) is 7.76. The third-order valence-electron chi connectivity index (χ3n) is 3.72. The van der Waals surface area contributed by atoms with Crippen LogP contribution in [0.4, 0.5) is 0 Å². The van der Waals surface area contributed by atoms with Gasteiger partial charge in [0.05, 0.1) is 12.7 Å². The molecule has 0 saturated heterocycles. The first-order chi connectivity index (χ1) is 12.1. The van der Waals surface area contributed by atoms with Crippen LogP contribution in [0.25, 0.3) is 0 Å². The number of hydrogen-bond donors (Lipinski definition) is 1. The standard InChI is InChI=1S/C18H21N5O2/c1-22(11-14-6-4-3-5-7-14)13-16-8-17(21-25-16)18(24)19-9-15-10-20-23(2)12-15/h3-8,10,12H,9,11,13H2,1-2H3,(H,19,24). The van der Waals surface area contributed by atoms with Crippen LogP contribution in [0, 0.1) is 0 Å². The Balaban J connectivity index is 1.51. The lowest BCUT2D eigenvalue weighted by Gasteiger charge is -2.14. The zero-order valence-electron chi connectivity index (χ0n) is 14.3. The maximum absolute atomic E-state index is 12.1. The highest BCUT2D eigenvalue weighted by atomic mass is 16.5. The van der Waals surface area contributed by atoms with E-state index in [0.29, 0.717) is 18.8 Å². The predicted molar refractivity (Wildman–Crippen MR) is 92.5 cm³/mol. The first-order valence-corrected chi connectivity index (χ1v) is 8.04. The quantitative estimate of drug-likeness (QED) is 0.712. The van der Waals surface area contributed by atoms with Gasteiger partial charge in [0.2, 0.25) is 0 Å². The van der Waals surface area contributed by atoms with Crippen LogP contribution in [0.5, 0.6) is 0 Å². The van der Waals surface area contributed by atoms with Gasteiger partial charge in [0, 0.05) is 38.0 Å². The number of hydrogen-bond acceptors (Lipinski definition) is 5. The third-order valence-corrected chi connectivity index (χ3v) is 3.72. The van der Waals surface area contributed by atoms with Crippen molar-refractivity contribution in [3.63, 3.8) is 0 Å². The summed E-state index contributed by atoms with van der Waals surface area (Å²) in [5, 5.41) is 10.7. The molecule has 2 aromatic heterocycles. The van der Waals surface area contributed by atoms with Crippen LogP contribution >= 0.6 is 0 Å². The van der Waals surface area contributed by atoms with E-state index in [2.05, 4.69) is 32.6 Å². The summed E-state index contributed by atoms with van der Waals surface area (Å²) in [5.74, 6) is 0.398. The van der Waals surface area contributed by atoms with E-state index in [0.717, 1.165) is 12.1 Å². The van der Waals surface area contributed by atoms with E-state index in [1.54, 1.807) is 16.9 Å². The van der Waals surface area contributed by atoms with E-state index in [4.69, 9.17) is 4.52 Å². The fourth-order valence-corrected chi connectivity index (χ4v) is 2.55. The van der Waals surface area contributed by atoms with Gasteiger partial charge in [-0.2, -0.15) is 5.10 Å². The van der Waals surface area contributed by atoms with Crippen molar-refractivity contribution in [1.82, 2.24) is 25.2 Å². The molecule has 1 N–H and O–H groups in total. The fourth-order valence-electron chi connectivity index (χ4n) is 2.55. The Kier molecular flexibility index (Phi) is 5.25. The van der Waals surface area contributed by atoms with Gasteiger partial charge >= 0.3 is 0 Å². The molecule has 7 nitrogen and oxygen atoms in total. The monoisotopic (exact) mass is 339 g/mol. The fraction of sp³-hybridized carbons (Fsp3) is 0.278. The molecule has 0 aliphatic heterocycles. The van der Waals surface area contributed by atoms with E-state index in [9.17, 15) is 4.79 Å². The van der Waals surface area contributed by atoms with Gasteiger partial charge in [-0.15, -0.1) is 0 Å². The maximum Gasteiger partial charge on any atom is 0.273 e. The van der Waals surface area contributed by atoms with Crippen molar-refractivity contribution in [3.05, 3.63) is 71.4 Å². The van der Waals surface area contributed by atoms with Crippen molar-refractivity contribution in [2.75, 3.05) is 7.05 Å². The van der Waals surface area contributed by atoms with Crippen molar-refractivity contribution in [2.45, 2.75) is 19.6 Å². The van der Waals surface area contributed by atoms with Crippen LogP contribution in [0.15, 0.2) is 53.3 Å². The van der Waals surface area contributed by atoms with Crippen LogP contribution < -0.4 is 5.32 Å². The lowest BCUT2D eigenvalue weighted by atomic mass is 10.2. The Morgan fingerprint density at radius 2 is 2.04 bits per heavy atom. The third kappa shape index (κ3) is 4.77. The number of aromatic nitrogens is 3. The van der Waals surface area contributed by atoms with Crippen LogP contribution in [-0.2, 0) is 26.7 Å². The molecule has 3 rings (SSSR count). The van der Waals surface area contributed by atoms with Gasteiger partial charge in [-0.25, -0.2) is 0 Å². The van der Waals surface area contributed by atoms with Crippen molar-refractivity contribution < 1.29 is 9.32 Å². The van der Waals surface area contributed by atoms with E-state index in [1.165, 1.54) is 5.56 Å². The highest BCUT2D eigenvalue weighted by Crippen LogP contribution is 2.10. The number of rotatable bonds is 7. The second-order valence-corrected chi connectivity index (χ2v) is 6.04. The molecule has 2 heterocycles. The molecule has 0 bridgehead atoms. The van der Waals surface area contributed by atoms with Crippen LogP contribution in [0.2, 0.25) is 0 Å². The maximum atomic E-state index is 12.1. The Hall–Kier alpha value is -2.93. The molecule has 1 aromatic carbocycles. The molecule has 1 amide bonds. The molecule has 130 valence electrons. The second-order valence-electron chi connectivity index (χ2n) is 6.04. The zero-order chi connectivity index (χ0) is 17.6. The minimum Gasteiger partial charge on any atom is -0.359 e. The number of aryl methyl sites for hydroxylation is 1. The topological polar surface area (TPSA) is 76.2 Å². The molecule has 0 fully saturated rings. The first kappa shape index (κ1) is 16.9. The van der Waals surface area contributed by atoms with Crippen LogP contribution in [0.1, 0.15) is 27.4 Å². The van der Waals surface area contributed by atoms with E-state index in [-0.39, 0.29) is 11.6 Å². The number of benzene rings is 1. The number of nitrogens with zero attached hydrogens (tertiary/aromatic N) is 4. The molecule has 7 heteroatoms. The normalized spacial score (nSPS) is 11.0. The van der Waals surface area contributed by atoms with Crippen molar-refractivity contribution >= 4 is 5.91 Å². The molecule has 0 saturated carbocycles. The Labute approximate surface area is 146 Å². The first-order valence-electron chi connectivity index (χ1n) is 8.04. The highest BCUT2D eigenvalue weighted by molar-refractivity contribution is 5.92. The summed E-state index contributed by atoms with van der Waals surface area (Å²) in [4.78, 5) is 14.2. The lowest BCUT2D eigenvalue weighted by Crippen LogP contribution is -2.22. The summed E-state index contributed by atoms with van der Waals surface area (Å²) in [7, 11) is 3.83. The highest BCUT2D eigenvalue weighted by Gasteiger charge is 2.14. The molecule has 0 unspecified atom stereocenters. The molecule has 0 aliphatic rings. The smallest absolute Gasteiger partial charge is 0.273 e. The van der Waals surface area contributed by atoms with Gasteiger partial charge in [0.15, 0.2) is 11.5 Å². The van der Waals surface area contributed by atoms with Gasteiger partial charge in [-0.3, -0.25) is 14.4 Å². The van der Waals surface area contributed by atoms with Gasteiger partial charge in [-0.05, 0) is 12.6 Å². The van der Waals surface area contributed by atoms with E-state index >= 15 is 0 Å². The average Bonchev–Trinajstić information content (AvgIpc) is 3.22. The van der Waals surface area contributed by atoms with Gasteiger partial charge in [-0.1, -0.05) is 35.5 Å². The summed E-state index contributed by atoms with van der Waals surface area (Å²) >= 11 is 0. The molecular weight excluding hydrogens is 318 g/mol. The molecule has 0 aliphatic carbocycles. The van der Waals surface area contributed by atoms with Crippen molar-refractivity contribution in [1.29, 1.82) is 0 Å². The lowest BCUT2D eigenvalue weighted by molar-refractivity contribution is 0.0941. The predicted octanol–water partition coefficient (Wildman–Crippen LogP) is 1.97. The summed E-state index contributed by atoms with van der Waals surface area (Å²) in [6, 6.07) is 11.9. The van der Waals surface area contributed by atoms with Crippen LogP contribution in [0.3, 0.4) is 0 Å². The summed E-state index contributed by atoms with van der Waals surface area (Å²) in [6.07, 6.45) is 3.57. The number of amides is 1. The van der Waals surface area contributed by atoms with Gasteiger partial charge in [0.1, 0.15) is 0 Å². The minimum absolute atomic E-state index is 0.260. The Bertz CT molecular complexity index is 825. The summed E-state index contributed by atoms with van der Waals surface area (Å²) in [5.41, 5.74) is 2.44. The molecule has 0 radical (unpaired) electrons. The van der Waals surface area contributed by atoms with E-state index < -0.39 is 0 Å². The minimum atomic E-state index is -0.260. The largest absolute Gasteiger partial charge is 0.359 e. The zero-order valence-corrected chi connectivity index (χ0v) is 14.3. The molecule has 0 atom stereocenters.